The highest BCUT2D eigenvalue weighted by Crippen LogP contribution is 2.42. The highest BCUT2D eigenvalue weighted by Gasteiger charge is 2.37. The molecule has 27 heavy (non-hydrogen) atoms. The van der Waals surface area contributed by atoms with Crippen molar-refractivity contribution in [3.8, 4) is 0 Å². The molecule has 1 aromatic carbocycles. The Kier molecular flexibility index (Phi) is 4.92. The first kappa shape index (κ1) is 17.7. The maximum Gasteiger partial charge on any atom is 0.269 e. The van der Waals surface area contributed by atoms with Crippen LogP contribution in [0.5, 0.6) is 0 Å². The first-order chi connectivity index (χ1) is 13.2. The van der Waals surface area contributed by atoms with Gasteiger partial charge in [0.25, 0.3) is 5.91 Å². The van der Waals surface area contributed by atoms with Crippen molar-refractivity contribution in [3.63, 3.8) is 0 Å². The van der Waals surface area contributed by atoms with Crippen LogP contribution in [0.15, 0.2) is 53.8 Å². The topological polar surface area (TPSA) is 66.4 Å². The third-order valence-corrected chi connectivity index (χ3v) is 5.80. The molecule has 1 fully saturated rings. The van der Waals surface area contributed by atoms with Gasteiger partial charge in [-0.1, -0.05) is 50.5 Å². The molecule has 1 aliphatic carbocycles. The summed E-state index contributed by atoms with van der Waals surface area (Å²) in [5, 5.41) is 0. The van der Waals surface area contributed by atoms with Crippen LogP contribution in [0.2, 0.25) is 0 Å². The van der Waals surface area contributed by atoms with Gasteiger partial charge in [0.05, 0.1) is 5.54 Å². The van der Waals surface area contributed by atoms with Crippen molar-refractivity contribution in [2.24, 2.45) is 4.99 Å². The Morgan fingerprint density at radius 3 is 2.59 bits per heavy atom. The lowest BCUT2D eigenvalue weighted by Gasteiger charge is -2.35. The molecule has 0 radical (unpaired) electrons. The Bertz CT molecular complexity index is 840. The van der Waals surface area contributed by atoms with E-state index in [1.54, 1.807) is 24.5 Å². The fourth-order valence-corrected chi connectivity index (χ4v) is 4.48. The van der Waals surface area contributed by atoms with Crippen molar-refractivity contribution < 1.29 is 4.79 Å². The van der Waals surface area contributed by atoms with Crippen molar-refractivity contribution in [3.05, 3.63) is 65.5 Å². The van der Waals surface area contributed by atoms with Gasteiger partial charge in [0, 0.05) is 23.5 Å². The van der Waals surface area contributed by atoms with Crippen molar-refractivity contribution >= 4 is 11.7 Å². The second-order valence-corrected chi connectivity index (χ2v) is 7.75. The molecular weight excluding hydrogens is 336 g/mol. The average Bonchev–Trinajstić information content (AvgIpc) is 2.82. The Labute approximate surface area is 160 Å². The molecule has 1 saturated carbocycles. The van der Waals surface area contributed by atoms with E-state index in [4.69, 9.17) is 4.99 Å². The zero-order chi connectivity index (χ0) is 18.7. The molecule has 0 bridgehead atoms. The minimum atomic E-state index is -0.187. The largest absolute Gasteiger partial charge is 0.281 e. The van der Waals surface area contributed by atoms with E-state index in [0.29, 0.717) is 11.5 Å². The lowest BCUT2D eigenvalue weighted by molar-refractivity contribution is 0.0943. The van der Waals surface area contributed by atoms with E-state index in [1.165, 1.54) is 24.8 Å². The highest BCUT2D eigenvalue weighted by atomic mass is 16.2. The minimum absolute atomic E-state index is 0.0274. The SMILES string of the molecule is CC1CC2(CCCCC2)N=C(NNC(=O)c2ccncc2)c2ccccc21. The van der Waals surface area contributed by atoms with Crippen molar-refractivity contribution in [2.75, 3.05) is 0 Å². The molecule has 1 spiro atoms. The molecule has 5 nitrogen and oxygen atoms in total. The quantitative estimate of drug-likeness (QED) is 0.754. The number of carbonyl (C=O) groups is 1. The fourth-order valence-electron chi connectivity index (χ4n) is 4.48. The number of amidine groups is 1. The molecule has 1 unspecified atom stereocenters. The van der Waals surface area contributed by atoms with E-state index in [1.807, 2.05) is 6.07 Å². The fraction of sp³-hybridized carbons (Fsp3) is 0.409. The summed E-state index contributed by atoms with van der Waals surface area (Å²) in [6, 6.07) is 11.8. The van der Waals surface area contributed by atoms with Gasteiger partial charge in [-0.3, -0.25) is 25.6 Å². The molecule has 0 saturated heterocycles. The number of fused-ring (bicyclic) bond motifs is 1. The molecule has 1 aliphatic heterocycles. The molecule has 140 valence electrons. The molecule has 1 amide bonds. The Balaban J connectivity index is 1.64. The summed E-state index contributed by atoms with van der Waals surface area (Å²) >= 11 is 0. The predicted octanol–water partition coefficient (Wildman–Crippen LogP) is 3.97. The molecule has 4 rings (SSSR count). The lowest BCUT2D eigenvalue weighted by atomic mass is 9.75. The predicted molar refractivity (Wildman–Crippen MR) is 107 cm³/mol. The van der Waals surface area contributed by atoms with Crippen LogP contribution in [0.3, 0.4) is 0 Å². The number of hydrazine groups is 1. The normalized spacial score (nSPS) is 20.9. The Morgan fingerprint density at radius 1 is 1.07 bits per heavy atom. The number of pyridine rings is 1. The third-order valence-electron chi connectivity index (χ3n) is 5.80. The third kappa shape index (κ3) is 3.72. The van der Waals surface area contributed by atoms with E-state index in [-0.39, 0.29) is 11.4 Å². The Morgan fingerprint density at radius 2 is 1.81 bits per heavy atom. The molecule has 2 aliphatic rings. The van der Waals surface area contributed by atoms with Crippen LogP contribution in [0.4, 0.5) is 0 Å². The van der Waals surface area contributed by atoms with Crippen molar-refractivity contribution in [1.29, 1.82) is 0 Å². The van der Waals surface area contributed by atoms with Gasteiger partial charge in [0.1, 0.15) is 5.84 Å². The summed E-state index contributed by atoms with van der Waals surface area (Å²) in [6.07, 6.45) is 10.3. The smallest absolute Gasteiger partial charge is 0.269 e. The van der Waals surface area contributed by atoms with Crippen LogP contribution < -0.4 is 10.9 Å². The summed E-state index contributed by atoms with van der Waals surface area (Å²) < 4.78 is 0. The van der Waals surface area contributed by atoms with E-state index in [0.717, 1.165) is 30.7 Å². The van der Waals surface area contributed by atoms with Gasteiger partial charge < -0.3 is 0 Å². The Hall–Kier alpha value is -2.69. The summed E-state index contributed by atoms with van der Waals surface area (Å²) in [6.45, 7) is 2.29. The standard InChI is InChI=1S/C22H26N4O/c1-16-15-22(11-5-2-6-12-22)24-20(19-8-4-3-7-18(16)19)25-26-21(27)17-9-13-23-14-10-17/h3-4,7-10,13-14,16H,2,5-6,11-12,15H2,1H3,(H,24,25)(H,26,27). The van der Waals surface area contributed by atoms with Gasteiger partial charge in [-0.25, -0.2) is 0 Å². The highest BCUT2D eigenvalue weighted by molar-refractivity contribution is 6.03. The summed E-state index contributed by atoms with van der Waals surface area (Å²) in [4.78, 5) is 21.6. The summed E-state index contributed by atoms with van der Waals surface area (Å²) in [5.41, 5.74) is 8.89. The van der Waals surface area contributed by atoms with Gasteiger partial charge in [-0.2, -0.15) is 0 Å². The van der Waals surface area contributed by atoms with Crippen LogP contribution in [-0.4, -0.2) is 22.3 Å². The summed E-state index contributed by atoms with van der Waals surface area (Å²) in [5.74, 6) is 1.03. The number of hydrogen-bond donors (Lipinski definition) is 2. The number of rotatable bonds is 1. The molecule has 1 aromatic heterocycles. The van der Waals surface area contributed by atoms with E-state index >= 15 is 0 Å². The van der Waals surface area contributed by atoms with Crippen LogP contribution in [0.25, 0.3) is 0 Å². The molecule has 2 heterocycles. The average molecular weight is 362 g/mol. The van der Waals surface area contributed by atoms with Gasteiger partial charge in [-0.15, -0.1) is 0 Å². The van der Waals surface area contributed by atoms with Crippen LogP contribution in [-0.2, 0) is 0 Å². The van der Waals surface area contributed by atoms with Gasteiger partial charge in [-0.05, 0) is 42.9 Å². The number of amides is 1. The second kappa shape index (κ2) is 7.51. The maximum absolute atomic E-state index is 12.5. The van der Waals surface area contributed by atoms with Crippen LogP contribution in [0, 0.1) is 0 Å². The second-order valence-electron chi connectivity index (χ2n) is 7.75. The first-order valence-corrected chi connectivity index (χ1v) is 9.82. The number of aromatic nitrogens is 1. The zero-order valence-corrected chi connectivity index (χ0v) is 15.7. The van der Waals surface area contributed by atoms with Gasteiger partial charge in [0.2, 0.25) is 0 Å². The summed E-state index contributed by atoms with van der Waals surface area (Å²) in [7, 11) is 0. The molecule has 1 atom stereocenters. The van der Waals surface area contributed by atoms with E-state index in [2.05, 4.69) is 41.0 Å². The monoisotopic (exact) mass is 362 g/mol. The van der Waals surface area contributed by atoms with E-state index in [9.17, 15) is 4.79 Å². The van der Waals surface area contributed by atoms with Gasteiger partial charge >= 0.3 is 0 Å². The molecule has 2 N–H and O–H groups in total. The molecular formula is C22H26N4O. The molecule has 2 aromatic rings. The molecule has 5 heteroatoms. The number of nitrogens with zero attached hydrogens (tertiary/aromatic N) is 2. The van der Waals surface area contributed by atoms with Gasteiger partial charge in [0.15, 0.2) is 0 Å². The number of hydrogen-bond acceptors (Lipinski definition) is 4. The van der Waals surface area contributed by atoms with Crippen LogP contribution in [0.1, 0.15) is 72.9 Å². The number of carbonyl (C=O) groups excluding carboxylic acids is 1. The van der Waals surface area contributed by atoms with Crippen molar-refractivity contribution in [1.82, 2.24) is 15.8 Å². The number of aliphatic imine (C=N–C) groups is 1. The number of nitrogens with one attached hydrogen (secondary N) is 2. The van der Waals surface area contributed by atoms with Crippen LogP contribution >= 0.6 is 0 Å². The minimum Gasteiger partial charge on any atom is -0.281 e. The zero-order valence-electron chi connectivity index (χ0n) is 15.7. The van der Waals surface area contributed by atoms with E-state index < -0.39 is 0 Å². The maximum atomic E-state index is 12.5. The first-order valence-electron chi connectivity index (χ1n) is 9.82. The lowest BCUT2D eigenvalue weighted by Crippen LogP contribution is -2.43. The number of benzene rings is 1. The van der Waals surface area contributed by atoms with Crippen molar-refractivity contribution in [2.45, 2.75) is 56.9 Å².